The summed E-state index contributed by atoms with van der Waals surface area (Å²) in [6.45, 7) is 0. The molecule has 0 aliphatic carbocycles. The summed E-state index contributed by atoms with van der Waals surface area (Å²) in [5, 5.41) is 3.21. The van der Waals surface area contributed by atoms with Crippen molar-refractivity contribution in [1.82, 2.24) is 9.97 Å². The lowest BCUT2D eigenvalue weighted by atomic mass is 10.1. The van der Waals surface area contributed by atoms with Crippen molar-refractivity contribution in [2.24, 2.45) is 0 Å². The first-order valence-corrected chi connectivity index (χ1v) is 8.20. The average Bonchev–Trinajstić information content (AvgIpc) is 2.66. The SMILES string of the molecule is Fc1ccc(Cc2nc3ccccc3nc2Nc2ccc(F)cc2)cc1. The molecule has 3 nitrogen and oxygen atoms in total. The van der Waals surface area contributed by atoms with Gasteiger partial charge in [-0.05, 0) is 54.1 Å². The molecule has 128 valence electrons. The van der Waals surface area contributed by atoms with Gasteiger partial charge in [0.05, 0.1) is 16.7 Å². The third kappa shape index (κ3) is 3.52. The van der Waals surface area contributed by atoms with Gasteiger partial charge in [-0.25, -0.2) is 18.7 Å². The van der Waals surface area contributed by atoms with E-state index in [1.807, 2.05) is 24.3 Å². The van der Waals surface area contributed by atoms with Gasteiger partial charge < -0.3 is 5.32 Å². The lowest BCUT2D eigenvalue weighted by Gasteiger charge is -2.12. The van der Waals surface area contributed by atoms with Crippen molar-refractivity contribution in [1.29, 1.82) is 0 Å². The molecule has 0 fully saturated rings. The van der Waals surface area contributed by atoms with Gasteiger partial charge in [-0.2, -0.15) is 0 Å². The van der Waals surface area contributed by atoms with Crippen LogP contribution in [0, 0.1) is 11.6 Å². The van der Waals surface area contributed by atoms with Crippen LogP contribution in [0.25, 0.3) is 11.0 Å². The number of rotatable bonds is 4. The molecule has 0 saturated heterocycles. The summed E-state index contributed by atoms with van der Waals surface area (Å²) in [7, 11) is 0. The molecule has 3 aromatic carbocycles. The summed E-state index contributed by atoms with van der Waals surface area (Å²) in [6, 6.07) is 20.0. The number of benzene rings is 3. The quantitative estimate of drug-likeness (QED) is 0.548. The van der Waals surface area contributed by atoms with E-state index in [1.54, 1.807) is 24.3 Å². The highest BCUT2D eigenvalue weighted by molar-refractivity contribution is 5.77. The van der Waals surface area contributed by atoms with Gasteiger partial charge in [0.25, 0.3) is 0 Å². The summed E-state index contributed by atoms with van der Waals surface area (Å²) in [5.41, 5.74) is 3.93. The number of fused-ring (bicyclic) bond motifs is 1. The van der Waals surface area contributed by atoms with E-state index in [4.69, 9.17) is 4.98 Å². The molecule has 0 radical (unpaired) electrons. The predicted molar refractivity (Wildman–Crippen MR) is 98.4 cm³/mol. The van der Waals surface area contributed by atoms with E-state index >= 15 is 0 Å². The fourth-order valence-electron chi connectivity index (χ4n) is 2.73. The monoisotopic (exact) mass is 347 g/mol. The molecule has 26 heavy (non-hydrogen) atoms. The number of anilines is 2. The van der Waals surface area contributed by atoms with Crippen molar-refractivity contribution in [2.75, 3.05) is 5.32 Å². The highest BCUT2D eigenvalue weighted by Crippen LogP contribution is 2.23. The van der Waals surface area contributed by atoms with E-state index in [1.165, 1.54) is 24.3 Å². The summed E-state index contributed by atoms with van der Waals surface area (Å²) in [5.74, 6) is 0.0225. The molecule has 0 aliphatic heterocycles. The largest absolute Gasteiger partial charge is 0.339 e. The normalized spacial score (nSPS) is 10.8. The van der Waals surface area contributed by atoms with Crippen LogP contribution in [0.1, 0.15) is 11.3 Å². The molecule has 0 atom stereocenters. The van der Waals surface area contributed by atoms with E-state index < -0.39 is 0 Å². The summed E-state index contributed by atoms with van der Waals surface area (Å²) in [4.78, 5) is 9.38. The van der Waals surface area contributed by atoms with Crippen LogP contribution in [0.5, 0.6) is 0 Å². The van der Waals surface area contributed by atoms with Crippen molar-refractivity contribution in [3.05, 3.63) is 95.7 Å². The van der Waals surface area contributed by atoms with E-state index in [-0.39, 0.29) is 11.6 Å². The summed E-state index contributed by atoms with van der Waals surface area (Å²) >= 11 is 0. The second-order valence-corrected chi connectivity index (χ2v) is 5.94. The van der Waals surface area contributed by atoms with Crippen LogP contribution in [0.3, 0.4) is 0 Å². The standard InChI is InChI=1S/C21H15F2N3/c22-15-7-5-14(6-8-15)13-20-21(24-17-11-9-16(23)10-12-17)26-19-4-2-1-3-18(19)25-20/h1-12H,13H2,(H,24,26). The molecule has 1 aromatic heterocycles. The fourth-order valence-corrected chi connectivity index (χ4v) is 2.73. The molecule has 0 aliphatic rings. The maximum atomic E-state index is 13.2. The minimum absolute atomic E-state index is 0.275. The zero-order chi connectivity index (χ0) is 17.9. The van der Waals surface area contributed by atoms with Crippen molar-refractivity contribution < 1.29 is 8.78 Å². The van der Waals surface area contributed by atoms with Gasteiger partial charge in [0.2, 0.25) is 0 Å². The first kappa shape index (κ1) is 16.1. The second-order valence-electron chi connectivity index (χ2n) is 5.94. The van der Waals surface area contributed by atoms with Gasteiger partial charge in [0.1, 0.15) is 11.6 Å². The number of hydrogen-bond donors (Lipinski definition) is 1. The Kier molecular flexibility index (Phi) is 4.27. The maximum absolute atomic E-state index is 13.2. The first-order valence-electron chi connectivity index (χ1n) is 8.20. The summed E-state index contributed by atoms with van der Waals surface area (Å²) in [6.07, 6.45) is 0.502. The molecule has 0 bridgehead atoms. The molecule has 0 amide bonds. The third-order valence-corrected chi connectivity index (χ3v) is 4.03. The maximum Gasteiger partial charge on any atom is 0.153 e. The highest BCUT2D eigenvalue weighted by atomic mass is 19.1. The Hall–Kier alpha value is -3.34. The second kappa shape index (κ2) is 6.88. The molecular formula is C21H15F2N3. The molecular weight excluding hydrogens is 332 g/mol. The van der Waals surface area contributed by atoms with Crippen LogP contribution in [0.15, 0.2) is 72.8 Å². The van der Waals surface area contributed by atoms with Crippen molar-refractivity contribution in [3.8, 4) is 0 Å². The molecule has 4 rings (SSSR count). The molecule has 1 heterocycles. The minimum Gasteiger partial charge on any atom is -0.339 e. The van der Waals surface area contributed by atoms with Gasteiger partial charge in [-0.1, -0.05) is 24.3 Å². The van der Waals surface area contributed by atoms with Crippen molar-refractivity contribution in [3.63, 3.8) is 0 Å². The van der Waals surface area contributed by atoms with Crippen molar-refractivity contribution >= 4 is 22.5 Å². The number of aromatic nitrogens is 2. The number of nitrogens with one attached hydrogen (secondary N) is 1. The van der Waals surface area contributed by atoms with E-state index in [9.17, 15) is 8.78 Å². The smallest absolute Gasteiger partial charge is 0.153 e. The minimum atomic E-state index is -0.299. The zero-order valence-electron chi connectivity index (χ0n) is 13.8. The van der Waals surface area contributed by atoms with Gasteiger partial charge >= 0.3 is 0 Å². The molecule has 0 spiro atoms. The number of halogens is 2. The molecule has 1 N–H and O–H groups in total. The van der Waals surface area contributed by atoms with Crippen LogP contribution in [-0.2, 0) is 6.42 Å². The van der Waals surface area contributed by atoms with E-state index in [0.29, 0.717) is 12.2 Å². The first-order chi connectivity index (χ1) is 12.7. The topological polar surface area (TPSA) is 37.8 Å². The van der Waals surface area contributed by atoms with Crippen LogP contribution in [0.4, 0.5) is 20.3 Å². The summed E-state index contributed by atoms with van der Waals surface area (Å²) < 4.78 is 26.3. The van der Waals surface area contributed by atoms with E-state index in [0.717, 1.165) is 28.0 Å². The van der Waals surface area contributed by atoms with Crippen LogP contribution in [-0.4, -0.2) is 9.97 Å². The van der Waals surface area contributed by atoms with Crippen LogP contribution < -0.4 is 5.32 Å². The molecule has 4 aromatic rings. The average molecular weight is 347 g/mol. The number of para-hydroxylation sites is 2. The molecule has 0 saturated carbocycles. The Morgan fingerprint density at radius 1 is 0.692 bits per heavy atom. The Morgan fingerprint density at radius 3 is 1.92 bits per heavy atom. The van der Waals surface area contributed by atoms with Gasteiger partial charge in [-0.3, -0.25) is 0 Å². The third-order valence-electron chi connectivity index (χ3n) is 4.03. The Balaban J connectivity index is 1.75. The van der Waals surface area contributed by atoms with Gasteiger partial charge in [0.15, 0.2) is 5.82 Å². The molecule has 5 heteroatoms. The number of hydrogen-bond acceptors (Lipinski definition) is 3. The van der Waals surface area contributed by atoms with Gasteiger partial charge in [0, 0.05) is 12.1 Å². The zero-order valence-corrected chi connectivity index (χ0v) is 13.8. The fraction of sp³-hybridized carbons (Fsp3) is 0.0476. The Labute approximate surface area is 149 Å². The highest BCUT2D eigenvalue weighted by Gasteiger charge is 2.10. The Morgan fingerprint density at radius 2 is 1.27 bits per heavy atom. The van der Waals surface area contributed by atoms with Gasteiger partial charge in [-0.15, -0.1) is 0 Å². The number of nitrogens with zero attached hydrogens (tertiary/aromatic N) is 2. The predicted octanol–water partition coefficient (Wildman–Crippen LogP) is 5.24. The molecule has 0 unspecified atom stereocenters. The lowest BCUT2D eigenvalue weighted by Crippen LogP contribution is -2.04. The van der Waals surface area contributed by atoms with Crippen LogP contribution in [0.2, 0.25) is 0 Å². The lowest BCUT2D eigenvalue weighted by molar-refractivity contribution is 0.627. The van der Waals surface area contributed by atoms with Crippen molar-refractivity contribution in [2.45, 2.75) is 6.42 Å². The Bertz CT molecular complexity index is 959. The van der Waals surface area contributed by atoms with E-state index in [2.05, 4.69) is 10.3 Å². The van der Waals surface area contributed by atoms with Crippen LogP contribution >= 0.6 is 0 Å².